The minimum atomic E-state index is -3.64. The molecule has 0 aliphatic carbocycles. The van der Waals surface area contributed by atoms with Crippen molar-refractivity contribution in [3.8, 4) is 0 Å². The van der Waals surface area contributed by atoms with Gasteiger partial charge in [-0.2, -0.15) is 4.31 Å². The van der Waals surface area contributed by atoms with Gasteiger partial charge < -0.3 is 0 Å². The molecule has 0 amide bonds. The molecule has 6 nitrogen and oxygen atoms in total. The van der Waals surface area contributed by atoms with Crippen molar-refractivity contribution in [3.05, 3.63) is 106 Å². The molecule has 0 saturated carbocycles. The molecule has 1 saturated heterocycles. The van der Waals surface area contributed by atoms with Gasteiger partial charge in [0, 0.05) is 17.1 Å². The Hall–Kier alpha value is -3.38. The minimum Gasteiger partial charge on any atom is -0.207 e. The first-order valence-corrected chi connectivity index (χ1v) is 11.5. The van der Waals surface area contributed by atoms with E-state index in [0.717, 1.165) is 29.5 Å². The highest BCUT2D eigenvalue weighted by atomic mass is 32.2. The van der Waals surface area contributed by atoms with Crippen LogP contribution in [0, 0.1) is 0 Å². The fourth-order valence-corrected chi connectivity index (χ4v) is 5.68. The molecule has 156 valence electrons. The molecule has 4 rings (SSSR count). The second-order valence-electron chi connectivity index (χ2n) is 7.30. The molecule has 0 radical (unpaired) electrons. The third kappa shape index (κ3) is 4.39. The summed E-state index contributed by atoms with van der Waals surface area (Å²) in [7, 11) is -3.64. The van der Waals surface area contributed by atoms with Crippen molar-refractivity contribution < 1.29 is 8.42 Å². The van der Waals surface area contributed by atoms with Crippen molar-refractivity contribution in [1.29, 1.82) is 0 Å². The van der Waals surface area contributed by atoms with Gasteiger partial charge in [0.15, 0.2) is 0 Å². The van der Waals surface area contributed by atoms with Crippen LogP contribution >= 0.6 is 0 Å². The van der Waals surface area contributed by atoms with Gasteiger partial charge in [0.05, 0.1) is 10.9 Å². The van der Waals surface area contributed by atoms with Gasteiger partial charge in [0.2, 0.25) is 10.0 Å². The van der Waals surface area contributed by atoms with E-state index in [1.807, 2.05) is 60.7 Å². The molecule has 0 spiro atoms. The predicted molar refractivity (Wildman–Crippen MR) is 123 cm³/mol. The number of azide groups is 1. The standard InChI is InChI=1S/C24H22N4O2S/c25-27-26-23-15-8-7-12-20(23)18-22(19-10-3-1-4-11-19)24-16-9-17-28(24)31(29,30)21-13-5-2-6-14-21/h1-8,10-15,18,24H,9,16-17H2/b22-18+. The topological polar surface area (TPSA) is 86.1 Å². The normalized spacial score (nSPS) is 17.3. The lowest BCUT2D eigenvalue weighted by molar-refractivity contribution is 0.439. The Morgan fingerprint density at radius 2 is 1.61 bits per heavy atom. The molecule has 7 heteroatoms. The average Bonchev–Trinajstić information content (AvgIpc) is 3.30. The fourth-order valence-electron chi connectivity index (χ4n) is 3.99. The van der Waals surface area contributed by atoms with Gasteiger partial charge in [0.25, 0.3) is 0 Å². The van der Waals surface area contributed by atoms with Gasteiger partial charge in [-0.25, -0.2) is 8.42 Å². The summed E-state index contributed by atoms with van der Waals surface area (Å²) in [5.74, 6) is 0. The van der Waals surface area contributed by atoms with E-state index >= 15 is 0 Å². The largest absolute Gasteiger partial charge is 0.243 e. The van der Waals surface area contributed by atoms with E-state index in [0.29, 0.717) is 17.1 Å². The predicted octanol–water partition coefficient (Wildman–Crippen LogP) is 6.02. The Morgan fingerprint density at radius 1 is 0.968 bits per heavy atom. The zero-order valence-electron chi connectivity index (χ0n) is 16.9. The van der Waals surface area contributed by atoms with Crippen LogP contribution in [0.1, 0.15) is 24.0 Å². The number of hydrogen-bond donors (Lipinski definition) is 0. The summed E-state index contributed by atoms with van der Waals surface area (Å²) in [6.45, 7) is 0.462. The van der Waals surface area contributed by atoms with Crippen molar-refractivity contribution in [3.63, 3.8) is 0 Å². The highest BCUT2D eigenvalue weighted by molar-refractivity contribution is 7.89. The first-order valence-electron chi connectivity index (χ1n) is 10.1. The maximum Gasteiger partial charge on any atom is 0.243 e. The third-order valence-electron chi connectivity index (χ3n) is 5.42. The molecule has 1 aliphatic rings. The van der Waals surface area contributed by atoms with Crippen molar-refractivity contribution in [2.75, 3.05) is 6.54 Å². The van der Waals surface area contributed by atoms with Gasteiger partial charge in [-0.1, -0.05) is 77.9 Å². The molecule has 1 heterocycles. The van der Waals surface area contributed by atoms with E-state index in [4.69, 9.17) is 5.53 Å². The van der Waals surface area contributed by atoms with E-state index in [-0.39, 0.29) is 6.04 Å². The Bertz CT molecular complexity index is 1230. The Morgan fingerprint density at radius 3 is 2.32 bits per heavy atom. The number of rotatable bonds is 6. The first kappa shape index (κ1) is 20.9. The van der Waals surface area contributed by atoms with E-state index in [2.05, 4.69) is 10.0 Å². The Balaban J connectivity index is 1.84. The zero-order chi connectivity index (χ0) is 21.7. The maximum atomic E-state index is 13.4. The minimum absolute atomic E-state index is 0.295. The van der Waals surface area contributed by atoms with Crippen molar-refractivity contribution in [1.82, 2.24) is 4.31 Å². The van der Waals surface area contributed by atoms with Crippen molar-refractivity contribution >= 4 is 27.4 Å². The number of benzene rings is 3. The molecular weight excluding hydrogens is 408 g/mol. The zero-order valence-corrected chi connectivity index (χ0v) is 17.7. The Kier molecular flexibility index (Phi) is 6.18. The van der Waals surface area contributed by atoms with Gasteiger partial charge in [-0.05, 0) is 53.3 Å². The second-order valence-corrected chi connectivity index (χ2v) is 9.19. The molecular formula is C24H22N4O2S. The van der Waals surface area contributed by atoms with Crippen LogP contribution < -0.4 is 0 Å². The summed E-state index contributed by atoms with van der Waals surface area (Å²) in [5.41, 5.74) is 12.0. The SMILES string of the molecule is [N-]=[N+]=Nc1ccccc1/C=C(\c1ccccc1)C1CCCN1S(=O)(=O)c1ccccc1. The third-order valence-corrected chi connectivity index (χ3v) is 7.34. The molecule has 3 aromatic rings. The van der Waals surface area contributed by atoms with Crippen LogP contribution in [0.5, 0.6) is 0 Å². The van der Waals surface area contributed by atoms with E-state index in [9.17, 15) is 8.42 Å². The quantitative estimate of drug-likeness (QED) is 0.207. The van der Waals surface area contributed by atoms with Gasteiger partial charge in [-0.15, -0.1) is 0 Å². The lowest BCUT2D eigenvalue weighted by Crippen LogP contribution is -2.36. The van der Waals surface area contributed by atoms with Crippen LogP contribution in [0.15, 0.2) is 94.9 Å². The van der Waals surface area contributed by atoms with Crippen LogP contribution in [-0.4, -0.2) is 25.3 Å². The summed E-state index contributed by atoms with van der Waals surface area (Å²) in [4.78, 5) is 3.22. The summed E-state index contributed by atoms with van der Waals surface area (Å²) >= 11 is 0. The Labute approximate surface area is 182 Å². The lowest BCUT2D eigenvalue weighted by Gasteiger charge is -2.27. The summed E-state index contributed by atoms with van der Waals surface area (Å²) in [5, 5.41) is 3.80. The summed E-state index contributed by atoms with van der Waals surface area (Å²) in [6.07, 6.45) is 3.44. The van der Waals surface area contributed by atoms with E-state index < -0.39 is 10.0 Å². The highest BCUT2D eigenvalue weighted by Gasteiger charge is 2.37. The van der Waals surface area contributed by atoms with Crippen molar-refractivity contribution in [2.24, 2.45) is 5.11 Å². The molecule has 3 aromatic carbocycles. The maximum absolute atomic E-state index is 13.4. The van der Waals surface area contributed by atoms with Crippen LogP contribution in [-0.2, 0) is 10.0 Å². The van der Waals surface area contributed by atoms with Crippen molar-refractivity contribution in [2.45, 2.75) is 23.8 Å². The fraction of sp³-hybridized carbons (Fsp3) is 0.167. The smallest absolute Gasteiger partial charge is 0.207 e. The lowest BCUT2D eigenvalue weighted by atomic mass is 9.94. The molecule has 31 heavy (non-hydrogen) atoms. The molecule has 1 atom stereocenters. The number of sulfonamides is 1. The van der Waals surface area contributed by atoms with E-state index in [1.54, 1.807) is 34.6 Å². The molecule has 0 bridgehead atoms. The molecule has 1 aliphatic heterocycles. The number of hydrogen-bond acceptors (Lipinski definition) is 3. The van der Waals surface area contributed by atoms with Gasteiger partial charge in [-0.3, -0.25) is 0 Å². The average molecular weight is 431 g/mol. The highest BCUT2D eigenvalue weighted by Crippen LogP contribution is 2.37. The molecule has 1 fully saturated rings. The van der Waals surface area contributed by atoms with Crippen LogP contribution in [0.25, 0.3) is 22.1 Å². The monoisotopic (exact) mass is 430 g/mol. The molecule has 1 unspecified atom stereocenters. The summed E-state index contributed by atoms with van der Waals surface area (Å²) < 4.78 is 28.5. The second kappa shape index (κ2) is 9.18. The van der Waals surface area contributed by atoms with Crippen LogP contribution in [0.2, 0.25) is 0 Å². The summed E-state index contributed by atoms with van der Waals surface area (Å²) in [6, 6.07) is 25.3. The number of nitrogens with zero attached hydrogens (tertiary/aromatic N) is 4. The molecule has 0 N–H and O–H groups in total. The molecule has 0 aromatic heterocycles. The van der Waals surface area contributed by atoms with Gasteiger partial charge >= 0.3 is 0 Å². The van der Waals surface area contributed by atoms with Gasteiger partial charge in [0.1, 0.15) is 0 Å². The van der Waals surface area contributed by atoms with Crippen LogP contribution in [0.4, 0.5) is 5.69 Å². The first-order chi connectivity index (χ1) is 15.1. The van der Waals surface area contributed by atoms with E-state index in [1.165, 1.54) is 0 Å². The van der Waals surface area contributed by atoms with Crippen LogP contribution in [0.3, 0.4) is 0 Å².